The van der Waals surface area contributed by atoms with Gasteiger partial charge < -0.3 is 10.0 Å². The predicted octanol–water partition coefficient (Wildman–Crippen LogP) is 1.92. The smallest absolute Gasteiger partial charge is 0.311 e. The van der Waals surface area contributed by atoms with Crippen LogP contribution in [0, 0.1) is 5.41 Å². The summed E-state index contributed by atoms with van der Waals surface area (Å²) in [5.74, 6) is -1.47. The number of amides is 1. The minimum Gasteiger partial charge on any atom is -0.481 e. The Morgan fingerprint density at radius 1 is 1.35 bits per heavy atom. The molecule has 1 amide bonds. The van der Waals surface area contributed by atoms with E-state index in [1.54, 1.807) is 14.1 Å². The number of nitrogens with one attached hydrogen (secondary N) is 1. The number of aliphatic carboxylic acids is 1. The van der Waals surface area contributed by atoms with Gasteiger partial charge in [-0.2, -0.15) is 0 Å². The summed E-state index contributed by atoms with van der Waals surface area (Å²) in [6.45, 7) is 2.80. The molecule has 23 heavy (non-hydrogen) atoms. The first-order valence-electron chi connectivity index (χ1n) is 6.60. The van der Waals surface area contributed by atoms with Crippen molar-refractivity contribution >= 4 is 34.7 Å². The van der Waals surface area contributed by atoms with Gasteiger partial charge in [0.15, 0.2) is 0 Å². The number of carbonyl (C=O) groups excluding carboxylic acids is 1. The zero-order valence-electron chi connectivity index (χ0n) is 13.2. The van der Waals surface area contributed by atoms with Crippen molar-refractivity contribution in [2.45, 2.75) is 19.9 Å². The molecule has 0 radical (unpaired) electrons. The molecule has 0 bridgehead atoms. The Hall–Kier alpha value is -1.48. The molecular formula is C14H19ClN2O5S. The molecule has 1 rings (SSSR count). The van der Waals surface area contributed by atoms with Gasteiger partial charge in [-0.15, -0.1) is 0 Å². The maximum Gasteiger partial charge on any atom is 0.311 e. The number of carboxylic acid groups (broad SMARTS) is 1. The maximum absolute atomic E-state index is 12.1. The van der Waals surface area contributed by atoms with Gasteiger partial charge >= 0.3 is 5.97 Å². The standard InChI is InChI=1S/C14H19ClN2O5S/c1-14(2,13(19)20)11(16-23(21)22)9-7-8(5-6-10(9)15)12(18)17(3)4/h5-7,11,16H,1-4H3,(H,19,20)(H,21,22). The number of benzene rings is 1. The zero-order chi connectivity index (χ0) is 17.9. The molecule has 7 nitrogen and oxygen atoms in total. The zero-order valence-corrected chi connectivity index (χ0v) is 14.7. The van der Waals surface area contributed by atoms with E-state index in [1.807, 2.05) is 0 Å². The monoisotopic (exact) mass is 362 g/mol. The van der Waals surface area contributed by atoms with Crippen LogP contribution >= 0.6 is 11.6 Å². The molecule has 9 heteroatoms. The quantitative estimate of drug-likeness (QED) is 0.670. The van der Waals surface area contributed by atoms with E-state index in [2.05, 4.69) is 4.72 Å². The molecule has 1 aromatic rings. The number of carbonyl (C=O) groups is 2. The van der Waals surface area contributed by atoms with Crippen LogP contribution in [0.15, 0.2) is 18.2 Å². The van der Waals surface area contributed by atoms with Crippen molar-refractivity contribution in [1.82, 2.24) is 9.62 Å². The van der Waals surface area contributed by atoms with E-state index in [-0.39, 0.29) is 16.5 Å². The lowest BCUT2D eigenvalue weighted by Crippen LogP contribution is -2.40. The average molecular weight is 363 g/mol. The third-order valence-electron chi connectivity index (χ3n) is 3.45. The lowest BCUT2D eigenvalue weighted by Gasteiger charge is -2.31. The summed E-state index contributed by atoms with van der Waals surface area (Å²) in [5, 5.41) is 9.60. The van der Waals surface area contributed by atoms with Crippen molar-refractivity contribution in [3.05, 3.63) is 34.3 Å². The number of hydrogen-bond donors (Lipinski definition) is 3. The van der Waals surface area contributed by atoms with E-state index in [0.29, 0.717) is 5.56 Å². The molecule has 0 aliphatic heterocycles. The Morgan fingerprint density at radius 3 is 2.35 bits per heavy atom. The molecule has 2 unspecified atom stereocenters. The van der Waals surface area contributed by atoms with Crippen LogP contribution in [0.4, 0.5) is 0 Å². The lowest BCUT2D eigenvalue weighted by atomic mass is 9.80. The molecule has 0 aliphatic rings. The van der Waals surface area contributed by atoms with Gasteiger partial charge in [-0.25, -0.2) is 8.93 Å². The van der Waals surface area contributed by atoms with Crippen LogP contribution < -0.4 is 4.72 Å². The second-order valence-electron chi connectivity index (χ2n) is 5.76. The number of carboxylic acids is 1. The fourth-order valence-electron chi connectivity index (χ4n) is 1.98. The first-order valence-corrected chi connectivity index (χ1v) is 8.08. The van der Waals surface area contributed by atoms with Gasteiger partial charge in [0.2, 0.25) is 11.3 Å². The Bertz CT molecular complexity index is 648. The number of nitrogens with zero attached hydrogens (tertiary/aromatic N) is 1. The molecular weight excluding hydrogens is 344 g/mol. The molecule has 0 aliphatic carbocycles. The van der Waals surface area contributed by atoms with Crippen LogP contribution in [-0.4, -0.2) is 44.7 Å². The van der Waals surface area contributed by atoms with E-state index in [4.69, 9.17) is 16.2 Å². The van der Waals surface area contributed by atoms with Crippen molar-refractivity contribution in [1.29, 1.82) is 0 Å². The van der Waals surface area contributed by atoms with Gasteiger partial charge in [0.1, 0.15) is 0 Å². The highest BCUT2D eigenvalue weighted by atomic mass is 35.5. The molecule has 2 atom stereocenters. The highest BCUT2D eigenvalue weighted by molar-refractivity contribution is 7.77. The van der Waals surface area contributed by atoms with Gasteiger partial charge in [0.25, 0.3) is 5.91 Å². The van der Waals surface area contributed by atoms with Crippen LogP contribution in [0.5, 0.6) is 0 Å². The Kier molecular flexibility index (Phi) is 6.29. The Balaban J connectivity index is 3.47. The highest BCUT2D eigenvalue weighted by Gasteiger charge is 2.40. The van der Waals surface area contributed by atoms with Crippen LogP contribution in [0.1, 0.15) is 35.8 Å². The van der Waals surface area contributed by atoms with E-state index in [9.17, 15) is 18.9 Å². The van der Waals surface area contributed by atoms with Crippen molar-refractivity contribution in [2.75, 3.05) is 14.1 Å². The van der Waals surface area contributed by atoms with Gasteiger partial charge in [-0.05, 0) is 37.6 Å². The minimum atomic E-state index is -2.46. The predicted molar refractivity (Wildman–Crippen MR) is 87.5 cm³/mol. The summed E-state index contributed by atoms with van der Waals surface area (Å²) in [6, 6.07) is 3.32. The third-order valence-corrected chi connectivity index (χ3v) is 4.23. The average Bonchev–Trinajstić information content (AvgIpc) is 2.44. The van der Waals surface area contributed by atoms with Crippen molar-refractivity contribution in [3.8, 4) is 0 Å². The summed E-state index contributed by atoms with van der Waals surface area (Å²) in [6.07, 6.45) is 0. The molecule has 0 saturated carbocycles. The number of halogens is 1. The fraction of sp³-hybridized carbons (Fsp3) is 0.429. The van der Waals surface area contributed by atoms with Crippen molar-refractivity contribution in [3.63, 3.8) is 0 Å². The lowest BCUT2D eigenvalue weighted by molar-refractivity contribution is -0.148. The van der Waals surface area contributed by atoms with Gasteiger partial charge in [0.05, 0.1) is 11.5 Å². The molecule has 1 aromatic carbocycles. The van der Waals surface area contributed by atoms with E-state index < -0.39 is 28.7 Å². The SMILES string of the molecule is CN(C)C(=O)c1ccc(Cl)c(C(NS(=O)O)C(C)(C)C(=O)O)c1. The molecule has 0 fully saturated rings. The third kappa shape index (κ3) is 4.51. The maximum atomic E-state index is 12.1. The number of rotatable bonds is 6. The second-order valence-corrected chi connectivity index (χ2v) is 6.90. The highest BCUT2D eigenvalue weighted by Crippen LogP contribution is 2.37. The molecule has 3 N–H and O–H groups in total. The topological polar surface area (TPSA) is 107 Å². The fourth-order valence-corrected chi connectivity index (χ4v) is 2.83. The largest absolute Gasteiger partial charge is 0.481 e. The normalized spacial score (nSPS) is 14.2. The molecule has 0 spiro atoms. The summed E-state index contributed by atoms with van der Waals surface area (Å²) < 4.78 is 22.6. The first-order chi connectivity index (χ1) is 10.5. The van der Waals surface area contributed by atoms with Crippen LogP contribution in [0.25, 0.3) is 0 Å². The summed E-state index contributed by atoms with van der Waals surface area (Å²) in [4.78, 5) is 25.0. The van der Waals surface area contributed by atoms with Crippen molar-refractivity contribution in [2.24, 2.45) is 5.41 Å². The first kappa shape index (κ1) is 19.6. The van der Waals surface area contributed by atoms with E-state index >= 15 is 0 Å². The van der Waals surface area contributed by atoms with Crippen LogP contribution in [0.3, 0.4) is 0 Å². The minimum absolute atomic E-state index is 0.192. The van der Waals surface area contributed by atoms with E-state index in [0.717, 1.165) is 0 Å². The molecule has 0 aromatic heterocycles. The van der Waals surface area contributed by atoms with Crippen LogP contribution in [0.2, 0.25) is 5.02 Å². The molecule has 0 heterocycles. The van der Waals surface area contributed by atoms with Gasteiger partial charge in [0, 0.05) is 24.7 Å². The van der Waals surface area contributed by atoms with Gasteiger partial charge in [-0.1, -0.05) is 11.6 Å². The summed E-state index contributed by atoms with van der Waals surface area (Å²) in [7, 11) is 3.16. The molecule has 128 valence electrons. The van der Waals surface area contributed by atoms with Crippen LogP contribution in [-0.2, 0) is 16.1 Å². The molecule has 0 saturated heterocycles. The van der Waals surface area contributed by atoms with Crippen molar-refractivity contribution < 1.29 is 23.5 Å². The van der Waals surface area contributed by atoms with E-state index in [1.165, 1.54) is 36.9 Å². The Morgan fingerprint density at radius 2 is 1.91 bits per heavy atom. The van der Waals surface area contributed by atoms with Gasteiger partial charge in [-0.3, -0.25) is 14.1 Å². The second kappa shape index (κ2) is 7.39. The number of hydrogen-bond acceptors (Lipinski definition) is 3. The summed E-state index contributed by atoms with van der Waals surface area (Å²) in [5.41, 5.74) is -0.887. The Labute approximate surface area is 142 Å². The summed E-state index contributed by atoms with van der Waals surface area (Å²) >= 11 is 3.67.